The minimum atomic E-state index is -0.318. The van der Waals surface area contributed by atoms with Crippen molar-refractivity contribution in [3.63, 3.8) is 0 Å². The Kier molecular flexibility index (Phi) is 5.63. The van der Waals surface area contributed by atoms with E-state index in [0.29, 0.717) is 31.0 Å². The van der Waals surface area contributed by atoms with Gasteiger partial charge in [-0.3, -0.25) is 4.79 Å². The number of para-hydroxylation sites is 1. The highest BCUT2D eigenvalue weighted by Gasteiger charge is 2.11. The Morgan fingerprint density at radius 1 is 1.15 bits per heavy atom. The molecule has 134 valence electrons. The van der Waals surface area contributed by atoms with E-state index in [2.05, 4.69) is 10.4 Å². The summed E-state index contributed by atoms with van der Waals surface area (Å²) in [5.74, 6) is 0.910. The van der Waals surface area contributed by atoms with E-state index in [1.165, 1.54) is 12.1 Å². The number of halogens is 1. The summed E-state index contributed by atoms with van der Waals surface area (Å²) in [5.41, 5.74) is 1.44. The number of nitrogens with one attached hydrogen (secondary N) is 1. The Bertz CT molecular complexity index is 861. The van der Waals surface area contributed by atoms with E-state index < -0.39 is 0 Å². The number of anilines is 1. The van der Waals surface area contributed by atoms with Gasteiger partial charge in [0.25, 0.3) is 0 Å². The predicted octanol–water partition coefficient (Wildman–Crippen LogP) is 4.12. The van der Waals surface area contributed by atoms with Gasteiger partial charge in [0.05, 0.1) is 18.0 Å². The lowest BCUT2D eigenvalue weighted by atomic mass is 10.3. The first-order valence-corrected chi connectivity index (χ1v) is 8.42. The quantitative estimate of drug-likeness (QED) is 0.650. The fourth-order valence-corrected chi connectivity index (χ4v) is 2.51. The van der Waals surface area contributed by atoms with Gasteiger partial charge in [0.15, 0.2) is 0 Å². The first-order chi connectivity index (χ1) is 12.6. The summed E-state index contributed by atoms with van der Waals surface area (Å²) in [6, 6.07) is 17.2. The number of ether oxygens (including phenoxy) is 1. The summed E-state index contributed by atoms with van der Waals surface area (Å²) in [6.07, 6.45) is 0.935. The second-order valence-corrected chi connectivity index (χ2v) is 5.87. The maximum atomic E-state index is 13.1. The largest absolute Gasteiger partial charge is 0.494 e. The molecule has 0 atom stereocenters. The van der Waals surface area contributed by atoms with E-state index in [9.17, 15) is 9.18 Å². The van der Waals surface area contributed by atoms with Crippen LogP contribution in [0, 0.1) is 12.7 Å². The van der Waals surface area contributed by atoms with Crippen molar-refractivity contribution in [1.29, 1.82) is 0 Å². The molecule has 0 saturated carbocycles. The van der Waals surface area contributed by atoms with Gasteiger partial charge in [-0.15, -0.1) is 0 Å². The van der Waals surface area contributed by atoms with Gasteiger partial charge in [-0.05, 0) is 49.7 Å². The molecule has 1 N–H and O–H groups in total. The maximum absolute atomic E-state index is 13.1. The molecule has 0 saturated heterocycles. The monoisotopic (exact) mass is 353 g/mol. The van der Waals surface area contributed by atoms with E-state index in [1.807, 2.05) is 37.3 Å². The lowest BCUT2D eigenvalue weighted by molar-refractivity contribution is -0.116. The van der Waals surface area contributed by atoms with E-state index >= 15 is 0 Å². The summed E-state index contributed by atoms with van der Waals surface area (Å²) in [6.45, 7) is 2.30. The molecule has 0 spiro atoms. The SMILES string of the molecule is Cc1cc(NC(=O)CCCOc2ccccc2)n(-c2ccc(F)cc2)n1. The van der Waals surface area contributed by atoms with Crippen LogP contribution in [0.15, 0.2) is 60.7 Å². The lowest BCUT2D eigenvalue weighted by Gasteiger charge is -2.09. The first kappa shape index (κ1) is 17.7. The highest BCUT2D eigenvalue weighted by Crippen LogP contribution is 2.18. The molecular formula is C20H20FN3O2. The third-order valence-electron chi connectivity index (χ3n) is 3.73. The molecule has 0 fully saturated rings. The van der Waals surface area contributed by atoms with Crippen LogP contribution in [0.3, 0.4) is 0 Å². The van der Waals surface area contributed by atoms with Gasteiger partial charge in [-0.1, -0.05) is 18.2 Å². The van der Waals surface area contributed by atoms with Gasteiger partial charge in [0.1, 0.15) is 17.4 Å². The Labute approximate surface area is 151 Å². The number of nitrogens with zero attached hydrogens (tertiary/aromatic N) is 2. The fraction of sp³-hybridized carbons (Fsp3) is 0.200. The molecule has 0 bridgehead atoms. The van der Waals surface area contributed by atoms with Gasteiger partial charge in [-0.2, -0.15) is 5.10 Å². The Morgan fingerprint density at radius 3 is 2.62 bits per heavy atom. The van der Waals surface area contributed by atoms with E-state index in [0.717, 1.165) is 11.4 Å². The van der Waals surface area contributed by atoms with Crippen molar-refractivity contribution < 1.29 is 13.9 Å². The summed E-state index contributed by atoms with van der Waals surface area (Å²) < 4.78 is 20.3. The molecule has 6 heteroatoms. The van der Waals surface area contributed by atoms with Crippen molar-refractivity contribution >= 4 is 11.7 Å². The lowest BCUT2D eigenvalue weighted by Crippen LogP contribution is -2.15. The highest BCUT2D eigenvalue weighted by molar-refractivity contribution is 5.90. The molecule has 3 rings (SSSR count). The summed E-state index contributed by atoms with van der Waals surface area (Å²) in [7, 11) is 0. The zero-order valence-corrected chi connectivity index (χ0v) is 14.5. The molecule has 5 nitrogen and oxygen atoms in total. The maximum Gasteiger partial charge on any atom is 0.225 e. The van der Waals surface area contributed by atoms with Crippen molar-refractivity contribution in [3.05, 3.63) is 72.2 Å². The fourth-order valence-electron chi connectivity index (χ4n) is 2.51. The average molecular weight is 353 g/mol. The minimum absolute atomic E-state index is 0.120. The number of aryl methyl sites for hydroxylation is 1. The van der Waals surface area contributed by atoms with Crippen molar-refractivity contribution in [2.45, 2.75) is 19.8 Å². The summed E-state index contributed by atoms with van der Waals surface area (Å²) in [5, 5.41) is 7.21. The van der Waals surface area contributed by atoms with Crippen LogP contribution >= 0.6 is 0 Å². The van der Waals surface area contributed by atoms with Crippen LogP contribution in [0.2, 0.25) is 0 Å². The molecule has 0 unspecified atom stereocenters. The second kappa shape index (κ2) is 8.29. The third-order valence-corrected chi connectivity index (χ3v) is 3.73. The number of aromatic nitrogens is 2. The zero-order chi connectivity index (χ0) is 18.4. The number of carbonyl (C=O) groups excluding carboxylic acids is 1. The van der Waals surface area contributed by atoms with Crippen molar-refractivity contribution in [2.24, 2.45) is 0 Å². The number of benzene rings is 2. The van der Waals surface area contributed by atoms with E-state index in [4.69, 9.17) is 4.74 Å². The molecule has 0 aliphatic rings. The Balaban J connectivity index is 1.55. The van der Waals surface area contributed by atoms with Gasteiger partial charge < -0.3 is 10.1 Å². The number of hydrogen-bond acceptors (Lipinski definition) is 3. The standard InChI is InChI=1S/C20H20FN3O2/c1-15-14-19(24(23-15)17-11-9-16(21)10-12-17)22-20(25)8-5-13-26-18-6-3-2-4-7-18/h2-4,6-7,9-12,14H,5,8,13H2,1H3,(H,22,25). The van der Waals surface area contributed by atoms with Gasteiger partial charge in [0.2, 0.25) is 5.91 Å². The minimum Gasteiger partial charge on any atom is -0.494 e. The number of amides is 1. The normalized spacial score (nSPS) is 10.5. The predicted molar refractivity (Wildman–Crippen MR) is 98.1 cm³/mol. The molecule has 26 heavy (non-hydrogen) atoms. The van der Waals surface area contributed by atoms with Gasteiger partial charge in [0, 0.05) is 12.5 Å². The molecule has 1 aromatic heterocycles. The summed E-state index contributed by atoms with van der Waals surface area (Å²) in [4.78, 5) is 12.2. The summed E-state index contributed by atoms with van der Waals surface area (Å²) >= 11 is 0. The molecule has 0 aliphatic heterocycles. The van der Waals surface area contributed by atoms with Crippen molar-refractivity contribution in [1.82, 2.24) is 9.78 Å². The molecule has 2 aromatic carbocycles. The van der Waals surface area contributed by atoms with Crippen LogP contribution in [0.5, 0.6) is 5.75 Å². The molecule has 0 radical (unpaired) electrons. The van der Waals surface area contributed by atoms with Gasteiger partial charge >= 0.3 is 0 Å². The van der Waals surface area contributed by atoms with Crippen molar-refractivity contribution in [2.75, 3.05) is 11.9 Å². The zero-order valence-electron chi connectivity index (χ0n) is 14.5. The van der Waals surface area contributed by atoms with E-state index in [1.54, 1.807) is 22.9 Å². The van der Waals surface area contributed by atoms with Crippen LogP contribution in [0.25, 0.3) is 5.69 Å². The van der Waals surface area contributed by atoms with Crippen LogP contribution in [0.4, 0.5) is 10.2 Å². The molecule has 0 aliphatic carbocycles. The number of rotatable bonds is 7. The Hall–Kier alpha value is -3.15. The van der Waals surface area contributed by atoms with Crippen LogP contribution in [-0.4, -0.2) is 22.3 Å². The van der Waals surface area contributed by atoms with Gasteiger partial charge in [-0.25, -0.2) is 9.07 Å². The molecule has 3 aromatic rings. The average Bonchev–Trinajstić information content (AvgIpc) is 3.00. The smallest absolute Gasteiger partial charge is 0.225 e. The number of carbonyl (C=O) groups is 1. The molecule has 1 amide bonds. The first-order valence-electron chi connectivity index (χ1n) is 8.42. The van der Waals surface area contributed by atoms with E-state index in [-0.39, 0.29) is 11.7 Å². The Morgan fingerprint density at radius 2 is 1.88 bits per heavy atom. The number of hydrogen-bond donors (Lipinski definition) is 1. The van der Waals surface area contributed by atoms with Crippen LogP contribution in [0.1, 0.15) is 18.5 Å². The van der Waals surface area contributed by atoms with Crippen LogP contribution < -0.4 is 10.1 Å². The second-order valence-electron chi connectivity index (χ2n) is 5.87. The third kappa shape index (κ3) is 4.69. The molecular weight excluding hydrogens is 333 g/mol. The highest BCUT2D eigenvalue weighted by atomic mass is 19.1. The van der Waals surface area contributed by atoms with Crippen molar-refractivity contribution in [3.8, 4) is 11.4 Å². The van der Waals surface area contributed by atoms with Crippen LogP contribution in [-0.2, 0) is 4.79 Å². The topological polar surface area (TPSA) is 56.1 Å². The molecule has 1 heterocycles.